The third-order valence-corrected chi connectivity index (χ3v) is 3.87. The van der Waals surface area contributed by atoms with Gasteiger partial charge in [-0.05, 0) is 17.2 Å². The summed E-state index contributed by atoms with van der Waals surface area (Å²) in [4.78, 5) is 0. The summed E-state index contributed by atoms with van der Waals surface area (Å²) in [5.41, 5.74) is 4.58. The molecule has 0 aliphatic carbocycles. The lowest BCUT2D eigenvalue weighted by atomic mass is 9.99. The summed E-state index contributed by atoms with van der Waals surface area (Å²) < 4.78 is 6.30. The highest BCUT2D eigenvalue weighted by molar-refractivity contribution is 5.54. The van der Waals surface area contributed by atoms with Gasteiger partial charge in [0, 0.05) is 18.3 Å². The van der Waals surface area contributed by atoms with Gasteiger partial charge in [0.2, 0.25) is 0 Å². The van der Waals surface area contributed by atoms with Crippen molar-refractivity contribution < 1.29 is 4.74 Å². The molecule has 23 heavy (non-hydrogen) atoms. The van der Waals surface area contributed by atoms with Crippen LogP contribution in [0.1, 0.15) is 22.8 Å². The zero-order valence-electron chi connectivity index (χ0n) is 13.3. The van der Waals surface area contributed by atoms with Gasteiger partial charge in [-0.15, -0.1) is 0 Å². The Morgan fingerprint density at radius 2 is 1.39 bits per heavy atom. The molecular formula is C21H21NO. The van der Waals surface area contributed by atoms with Gasteiger partial charge in [0.1, 0.15) is 6.10 Å². The standard InChI is InChI=1S/C21H21NO/c1-22-20-15-9-8-14-19(20)21(18-12-6-3-7-13-18)23-16-17-10-4-2-5-11-17/h2-15,21-22H,16H2,1H3. The van der Waals surface area contributed by atoms with Gasteiger partial charge >= 0.3 is 0 Å². The van der Waals surface area contributed by atoms with E-state index in [2.05, 4.69) is 59.9 Å². The summed E-state index contributed by atoms with van der Waals surface area (Å²) in [5.74, 6) is 0. The predicted octanol–water partition coefficient (Wildman–Crippen LogP) is 5.03. The Bertz CT molecular complexity index is 725. The number of para-hydroxylation sites is 1. The van der Waals surface area contributed by atoms with E-state index in [9.17, 15) is 0 Å². The van der Waals surface area contributed by atoms with Crippen LogP contribution < -0.4 is 5.32 Å². The van der Waals surface area contributed by atoms with Crippen LogP contribution in [0.25, 0.3) is 0 Å². The van der Waals surface area contributed by atoms with Crippen LogP contribution in [0, 0.1) is 0 Å². The van der Waals surface area contributed by atoms with Crippen molar-refractivity contribution in [3.63, 3.8) is 0 Å². The summed E-state index contributed by atoms with van der Waals surface area (Å²) in [6, 6.07) is 28.9. The van der Waals surface area contributed by atoms with Gasteiger partial charge in [0.05, 0.1) is 6.61 Å². The molecular weight excluding hydrogens is 282 g/mol. The van der Waals surface area contributed by atoms with E-state index in [0.717, 1.165) is 16.8 Å². The molecule has 0 aliphatic heterocycles. The maximum atomic E-state index is 6.30. The fourth-order valence-corrected chi connectivity index (χ4v) is 2.70. The third kappa shape index (κ3) is 3.79. The van der Waals surface area contributed by atoms with Crippen molar-refractivity contribution >= 4 is 5.69 Å². The van der Waals surface area contributed by atoms with Crippen molar-refractivity contribution in [1.29, 1.82) is 0 Å². The zero-order valence-corrected chi connectivity index (χ0v) is 13.3. The SMILES string of the molecule is CNc1ccccc1C(OCc1ccccc1)c1ccccc1. The lowest BCUT2D eigenvalue weighted by Crippen LogP contribution is -2.09. The van der Waals surface area contributed by atoms with Crippen molar-refractivity contribution in [3.05, 3.63) is 102 Å². The third-order valence-electron chi connectivity index (χ3n) is 3.87. The lowest BCUT2D eigenvalue weighted by Gasteiger charge is -2.21. The second-order valence-electron chi connectivity index (χ2n) is 5.42. The minimum atomic E-state index is -0.0972. The van der Waals surface area contributed by atoms with Crippen LogP contribution in [0.5, 0.6) is 0 Å². The van der Waals surface area contributed by atoms with Crippen molar-refractivity contribution in [1.82, 2.24) is 0 Å². The van der Waals surface area contributed by atoms with Gasteiger partial charge in [-0.3, -0.25) is 0 Å². The molecule has 3 aromatic carbocycles. The maximum Gasteiger partial charge on any atom is 0.110 e. The van der Waals surface area contributed by atoms with Crippen LogP contribution in [-0.2, 0) is 11.3 Å². The molecule has 1 unspecified atom stereocenters. The molecule has 2 nitrogen and oxygen atoms in total. The first kappa shape index (κ1) is 15.3. The Morgan fingerprint density at radius 3 is 2.09 bits per heavy atom. The number of benzene rings is 3. The van der Waals surface area contributed by atoms with E-state index in [1.165, 1.54) is 5.56 Å². The first-order chi connectivity index (χ1) is 11.4. The van der Waals surface area contributed by atoms with Crippen molar-refractivity contribution in [3.8, 4) is 0 Å². The fraction of sp³-hybridized carbons (Fsp3) is 0.143. The molecule has 0 bridgehead atoms. The van der Waals surface area contributed by atoms with Crippen LogP contribution >= 0.6 is 0 Å². The number of nitrogens with one attached hydrogen (secondary N) is 1. The van der Waals surface area contributed by atoms with Gasteiger partial charge in [-0.2, -0.15) is 0 Å². The largest absolute Gasteiger partial charge is 0.388 e. The quantitative estimate of drug-likeness (QED) is 0.689. The number of anilines is 1. The molecule has 0 amide bonds. The molecule has 0 saturated carbocycles. The highest BCUT2D eigenvalue weighted by Crippen LogP contribution is 2.32. The van der Waals surface area contributed by atoms with Gasteiger partial charge < -0.3 is 10.1 Å². The average molecular weight is 303 g/mol. The Balaban J connectivity index is 1.91. The smallest absolute Gasteiger partial charge is 0.110 e. The number of hydrogen-bond acceptors (Lipinski definition) is 2. The minimum absolute atomic E-state index is 0.0972. The monoisotopic (exact) mass is 303 g/mol. The Hall–Kier alpha value is -2.58. The van der Waals surface area contributed by atoms with Gasteiger partial charge in [-0.25, -0.2) is 0 Å². The van der Waals surface area contributed by atoms with Crippen LogP contribution in [0.4, 0.5) is 5.69 Å². The molecule has 1 N–H and O–H groups in total. The Kier molecular flexibility index (Phi) is 5.07. The van der Waals surface area contributed by atoms with E-state index in [1.807, 2.05) is 37.4 Å². The molecule has 0 aliphatic rings. The zero-order chi connectivity index (χ0) is 15.9. The molecule has 0 heterocycles. The number of ether oxygens (including phenoxy) is 1. The molecule has 0 fully saturated rings. The topological polar surface area (TPSA) is 21.3 Å². The molecule has 0 saturated heterocycles. The summed E-state index contributed by atoms with van der Waals surface area (Å²) in [7, 11) is 1.94. The minimum Gasteiger partial charge on any atom is -0.388 e. The molecule has 0 aromatic heterocycles. The summed E-state index contributed by atoms with van der Waals surface area (Å²) in [6.07, 6.45) is -0.0972. The van der Waals surface area contributed by atoms with Crippen LogP contribution in [-0.4, -0.2) is 7.05 Å². The maximum absolute atomic E-state index is 6.30. The molecule has 116 valence electrons. The van der Waals surface area contributed by atoms with Crippen LogP contribution in [0.15, 0.2) is 84.9 Å². The molecule has 3 rings (SSSR count). The van der Waals surface area contributed by atoms with E-state index in [-0.39, 0.29) is 6.10 Å². The highest BCUT2D eigenvalue weighted by atomic mass is 16.5. The first-order valence-electron chi connectivity index (χ1n) is 7.85. The molecule has 0 radical (unpaired) electrons. The van der Waals surface area contributed by atoms with E-state index in [1.54, 1.807) is 0 Å². The van der Waals surface area contributed by atoms with Crippen LogP contribution in [0.2, 0.25) is 0 Å². The highest BCUT2D eigenvalue weighted by Gasteiger charge is 2.17. The average Bonchev–Trinajstić information content (AvgIpc) is 2.64. The van der Waals surface area contributed by atoms with Crippen molar-refractivity contribution in [2.75, 3.05) is 12.4 Å². The van der Waals surface area contributed by atoms with Gasteiger partial charge in [-0.1, -0.05) is 78.9 Å². The normalized spacial score (nSPS) is 11.9. The molecule has 3 aromatic rings. The van der Waals surface area contributed by atoms with Gasteiger partial charge in [0.25, 0.3) is 0 Å². The fourth-order valence-electron chi connectivity index (χ4n) is 2.70. The molecule has 0 spiro atoms. The van der Waals surface area contributed by atoms with Gasteiger partial charge in [0.15, 0.2) is 0 Å². The van der Waals surface area contributed by atoms with Crippen molar-refractivity contribution in [2.45, 2.75) is 12.7 Å². The Morgan fingerprint density at radius 1 is 0.783 bits per heavy atom. The lowest BCUT2D eigenvalue weighted by molar-refractivity contribution is 0.0671. The molecule has 1 atom stereocenters. The number of rotatable bonds is 6. The van der Waals surface area contributed by atoms with E-state index in [4.69, 9.17) is 4.74 Å². The Labute approximate surface area is 137 Å². The van der Waals surface area contributed by atoms with Crippen molar-refractivity contribution in [2.24, 2.45) is 0 Å². The van der Waals surface area contributed by atoms with Crippen LogP contribution in [0.3, 0.4) is 0 Å². The first-order valence-corrected chi connectivity index (χ1v) is 7.85. The molecule has 2 heteroatoms. The van der Waals surface area contributed by atoms with E-state index in [0.29, 0.717) is 6.61 Å². The number of hydrogen-bond donors (Lipinski definition) is 1. The second kappa shape index (κ2) is 7.61. The second-order valence-corrected chi connectivity index (χ2v) is 5.42. The summed E-state index contributed by atoms with van der Waals surface area (Å²) in [6.45, 7) is 0.582. The summed E-state index contributed by atoms with van der Waals surface area (Å²) in [5, 5.41) is 3.26. The van der Waals surface area contributed by atoms with E-state index < -0.39 is 0 Å². The van der Waals surface area contributed by atoms with E-state index >= 15 is 0 Å². The predicted molar refractivity (Wildman–Crippen MR) is 95.5 cm³/mol. The summed E-state index contributed by atoms with van der Waals surface area (Å²) >= 11 is 0.